The average Bonchev–Trinajstić information content (AvgIpc) is 3.04. The molecule has 5 aromatic carbocycles. The van der Waals surface area contributed by atoms with Crippen molar-refractivity contribution in [1.29, 1.82) is 0 Å². The van der Waals surface area contributed by atoms with Gasteiger partial charge in [-0.1, -0.05) is 91.0 Å². The van der Waals surface area contributed by atoms with E-state index < -0.39 is 6.04 Å². The molecule has 1 atom stereocenters. The maximum absolute atomic E-state index is 12.8. The fourth-order valence-corrected chi connectivity index (χ4v) is 4.64. The van der Waals surface area contributed by atoms with Crippen molar-refractivity contribution in [1.82, 2.24) is 10.7 Å². The maximum Gasteiger partial charge on any atom is 0.251 e. The number of hydrogen-bond acceptors (Lipinski definition) is 5. The van der Waals surface area contributed by atoms with Crippen LogP contribution in [0.1, 0.15) is 39.5 Å². The summed E-state index contributed by atoms with van der Waals surface area (Å²) in [5.74, 6) is 0.566. The van der Waals surface area contributed by atoms with E-state index in [4.69, 9.17) is 9.47 Å². The summed E-state index contributed by atoms with van der Waals surface area (Å²) in [7, 11) is 1.58. The number of nitrogens with one attached hydrogen (secondary N) is 2. The van der Waals surface area contributed by atoms with Gasteiger partial charge in [-0.2, -0.15) is 5.10 Å². The van der Waals surface area contributed by atoms with Gasteiger partial charge >= 0.3 is 0 Å². The van der Waals surface area contributed by atoms with E-state index in [1.54, 1.807) is 37.4 Å². The Morgan fingerprint density at radius 2 is 1.52 bits per heavy atom. The maximum atomic E-state index is 12.8. The van der Waals surface area contributed by atoms with Crippen LogP contribution in [0, 0.1) is 0 Å². The Labute approximate surface area is 244 Å². The van der Waals surface area contributed by atoms with E-state index in [0.29, 0.717) is 23.7 Å². The van der Waals surface area contributed by atoms with Crippen molar-refractivity contribution in [2.24, 2.45) is 5.10 Å². The highest BCUT2D eigenvalue weighted by Gasteiger charge is 2.19. The van der Waals surface area contributed by atoms with Gasteiger partial charge in [0.05, 0.1) is 25.8 Å². The molecule has 42 heavy (non-hydrogen) atoms. The SMILES string of the molecule is COc1cc(/C=N\NC(=O)C[C@@H](NC(=O)c2ccccc2)c2ccccc2)ccc1OCc1cccc2ccccc12. The van der Waals surface area contributed by atoms with Crippen molar-refractivity contribution < 1.29 is 19.1 Å². The van der Waals surface area contributed by atoms with E-state index in [1.807, 2.05) is 72.8 Å². The van der Waals surface area contributed by atoms with Gasteiger partial charge in [0.1, 0.15) is 6.61 Å². The summed E-state index contributed by atoms with van der Waals surface area (Å²) < 4.78 is 11.6. The van der Waals surface area contributed by atoms with E-state index in [-0.39, 0.29) is 18.2 Å². The number of benzene rings is 5. The van der Waals surface area contributed by atoms with Gasteiger partial charge in [-0.05, 0) is 57.8 Å². The second kappa shape index (κ2) is 13.8. The molecule has 0 bridgehead atoms. The zero-order chi connectivity index (χ0) is 29.1. The van der Waals surface area contributed by atoms with Gasteiger partial charge in [0.15, 0.2) is 11.5 Å². The lowest BCUT2D eigenvalue weighted by Gasteiger charge is -2.18. The number of carbonyl (C=O) groups excluding carboxylic acids is 2. The number of hydrogen-bond donors (Lipinski definition) is 2. The Hall–Kier alpha value is -5.43. The highest BCUT2D eigenvalue weighted by Crippen LogP contribution is 2.29. The molecular formula is C35H31N3O4. The molecule has 7 heteroatoms. The first-order valence-corrected chi connectivity index (χ1v) is 13.6. The highest BCUT2D eigenvalue weighted by molar-refractivity contribution is 5.94. The molecule has 5 aromatic rings. The monoisotopic (exact) mass is 557 g/mol. The summed E-state index contributed by atoms with van der Waals surface area (Å²) in [5, 5.41) is 9.39. The molecule has 0 unspecified atom stereocenters. The van der Waals surface area contributed by atoms with Crippen LogP contribution in [0.15, 0.2) is 126 Å². The number of methoxy groups -OCH3 is 1. The lowest BCUT2D eigenvalue weighted by molar-refractivity contribution is -0.121. The molecule has 0 aliphatic carbocycles. The molecule has 0 aliphatic heterocycles. The molecule has 0 radical (unpaired) electrons. The minimum absolute atomic E-state index is 0.0180. The van der Waals surface area contributed by atoms with Crippen molar-refractivity contribution in [3.05, 3.63) is 144 Å². The number of amides is 2. The molecule has 0 spiro atoms. The molecule has 0 fully saturated rings. The van der Waals surface area contributed by atoms with Gasteiger partial charge < -0.3 is 14.8 Å². The predicted molar refractivity (Wildman–Crippen MR) is 165 cm³/mol. The molecule has 0 saturated carbocycles. The summed E-state index contributed by atoms with van der Waals surface area (Å²) in [5.41, 5.74) is 5.72. The molecule has 0 heterocycles. The van der Waals surface area contributed by atoms with E-state index in [2.05, 4.69) is 34.0 Å². The fraction of sp³-hybridized carbons (Fsp3) is 0.114. The van der Waals surface area contributed by atoms with Gasteiger partial charge in [-0.25, -0.2) is 5.43 Å². The lowest BCUT2D eigenvalue weighted by Crippen LogP contribution is -2.32. The van der Waals surface area contributed by atoms with Crippen LogP contribution in [0.4, 0.5) is 0 Å². The van der Waals surface area contributed by atoms with Crippen LogP contribution in [0.3, 0.4) is 0 Å². The van der Waals surface area contributed by atoms with E-state index in [9.17, 15) is 9.59 Å². The van der Waals surface area contributed by atoms with Crippen molar-refractivity contribution in [2.45, 2.75) is 19.1 Å². The summed E-state index contributed by atoms with van der Waals surface area (Å²) in [6.07, 6.45) is 1.55. The van der Waals surface area contributed by atoms with Crippen LogP contribution in [-0.2, 0) is 11.4 Å². The number of rotatable bonds is 11. The average molecular weight is 558 g/mol. The number of hydrazone groups is 1. The number of carbonyl (C=O) groups is 2. The molecule has 0 saturated heterocycles. The third-order valence-corrected chi connectivity index (χ3v) is 6.79. The molecule has 5 rings (SSSR count). The van der Waals surface area contributed by atoms with Gasteiger partial charge in [0, 0.05) is 5.56 Å². The zero-order valence-electron chi connectivity index (χ0n) is 23.2. The lowest BCUT2D eigenvalue weighted by atomic mass is 10.0. The summed E-state index contributed by atoms with van der Waals surface area (Å²) in [4.78, 5) is 25.6. The molecular weight excluding hydrogens is 526 g/mol. The minimum atomic E-state index is -0.521. The van der Waals surface area contributed by atoms with Crippen molar-refractivity contribution >= 4 is 28.8 Å². The first-order valence-electron chi connectivity index (χ1n) is 13.6. The number of nitrogens with zero attached hydrogens (tertiary/aromatic N) is 1. The second-order valence-electron chi connectivity index (χ2n) is 9.64. The van der Waals surface area contributed by atoms with Crippen LogP contribution in [0.5, 0.6) is 11.5 Å². The number of fused-ring (bicyclic) bond motifs is 1. The Kier molecular flexibility index (Phi) is 9.21. The van der Waals surface area contributed by atoms with Crippen LogP contribution in [-0.4, -0.2) is 25.1 Å². The van der Waals surface area contributed by atoms with Crippen LogP contribution in [0.2, 0.25) is 0 Å². The van der Waals surface area contributed by atoms with Crippen LogP contribution >= 0.6 is 0 Å². The van der Waals surface area contributed by atoms with Gasteiger partial charge in [-0.15, -0.1) is 0 Å². The highest BCUT2D eigenvalue weighted by atomic mass is 16.5. The Morgan fingerprint density at radius 3 is 2.31 bits per heavy atom. The largest absolute Gasteiger partial charge is 0.493 e. The molecule has 0 aromatic heterocycles. The van der Waals surface area contributed by atoms with E-state index in [1.165, 1.54) is 6.21 Å². The zero-order valence-corrected chi connectivity index (χ0v) is 23.2. The van der Waals surface area contributed by atoms with Gasteiger partial charge in [-0.3, -0.25) is 9.59 Å². The van der Waals surface area contributed by atoms with Crippen LogP contribution < -0.4 is 20.2 Å². The summed E-state index contributed by atoms with van der Waals surface area (Å²) in [6, 6.07) is 37.6. The third-order valence-electron chi connectivity index (χ3n) is 6.79. The normalized spacial score (nSPS) is 11.6. The molecule has 0 aliphatic rings. The predicted octanol–water partition coefficient (Wildman–Crippen LogP) is 6.44. The third kappa shape index (κ3) is 7.20. The quantitative estimate of drug-likeness (QED) is 0.145. The van der Waals surface area contributed by atoms with Crippen molar-refractivity contribution in [3.8, 4) is 11.5 Å². The van der Waals surface area contributed by atoms with E-state index >= 15 is 0 Å². The Bertz CT molecular complexity index is 1680. The molecule has 2 amide bonds. The van der Waals surface area contributed by atoms with Gasteiger partial charge in [0.25, 0.3) is 5.91 Å². The number of ether oxygens (including phenoxy) is 2. The summed E-state index contributed by atoms with van der Waals surface area (Å²) in [6.45, 7) is 0.393. The van der Waals surface area contributed by atoms with E-state index in [0.717, 1.165) is 27.5 Å². The first-order chi connectivity index (χ1) is 20.6. The molecule has 7 nitrogen and oxygen atoms in total. The Morgan fingerprint density at radius 1 is 0.810 bits per heavy atom. The second-order valence-corrected chi connectivity index (χ2v) is 9.64. The molecule has 210 valence electrons. The topological polar surface area (TPSA) is 89.0 Å². The minimum Gasteiger partial charge on any atom is -0.493 e. The van der Waals surface area contributed by atoms with Gasteiger partial charge in [0.2, 0.25) is 5.91 Å². The fourth-order valence-electron chi connectivity index (χ4n) is 4.64. The van der Waals surface area contributed by atoms with Crippen LogP contribution in [0.25, 0.3) is 10.8 Å². The first kappa shape index (κ1) is 28.1. The molecule has 2 N–H and O–H groups in total. The summed E-state index contributed by atoms with van der Waals surface area (Å²) >= 11 is 0. The standard InChI is InChI=1S/C35H31N3O4/c1-41-33-21-25(19-20-32(33)42-24-29-17-10-16-26-11-8-9-18-30(26)29)23-36-38-34(39)22-31(27-12-4-2-5-13-27)37-35(40)28-14-6-3-7-15-28/h2-21,23,31H,22,24H2,1H3,(H,37,40)(H,38,39)/b36-23-/t31-/m1/s1. The smallest absolute Gasteiger partial charge is 0.251 e. The van der Waals surface area contributed by atoms with Crippen molar-refractivity contribution in [2.75, 3.05) is 7.11 Å². The Balaban J connectivity index is 1.21. The van der Waals surface area contributed by atoms with Crippen molar-refractivity contribution in [3.63, 3.8) is 0 Å².